The molecule has 7 nitrogen and oxygen atoms in total. The van der Waals surface area contributed by atoms with Gasteiger partial charge in [-0.2, -0.15) is 0 Å². The van der Waals surface area contributed by atoms with E-state index >= 15 is 0 Å². The van der Waals surface area contributed by atoms with Crippen LogP contribution in [0.5, 0.6) is 0 Å². The molecule has 23 heavy (non-hydrogen) atoms. The molecule has 0 radical (unpaired) electrons. The van der Waals surface area contributed by atoms with E-state index in [-0.39, 0.29) is 36.1 Å². The summed E-state index contributed by atoms with van der Waals surface area (Å²) in [4.78, 5) is 37.4. The Bertz CT molecular complexity index is 844. The van der Waals surface area contributed by atoms with Crippen LogP contribution in [0.2, 0.25) is 0 Å². The summed E-state index contributed by atoms with van der Waals surface area (Å²) in [6.45, 7) is 1.84. The van der Waals surface area contributed by atoms with Crippen molar-refractivity contribution in [1.29, 1.82) is 0 Å². The smallest absolute Gasteiger partial charge is 0.255 e. The van der Waals surface area contributed by atoms with Crippen LogP contribution in [0.1, 0.15) is 34.3 Å². The van der Waals surface area contributed by atoms with Crippen molar-refractivity contribution in [1.82, 2.24) is 10.2 Å². The summed E-state index contributed by atoms with van der Waals surface area (Å²) >= 11 is 0. The number of carbonyl (C=O) groups is 3. The summed E-state index contributed by atoms with van der Waals surface area (Å²) in [6, 6.07) is 2.40. The highest BCUT2D eigenvalue weighted by Crippen LogP contribution is 2.32. The van der Waals surface area contributed by atoms with Crippen molar-refractivity contribution in [2.24, 2.45) is 0 Å². The predicted octanol–water partition coefficient (Wildman–Crippen LogP) is 0.160. The van der Waals surface area contributed by atoms with Gasteiger partial charge in [-0.3, -0.25) is 19.7 Å². The molecule has 1 N–H and O–H groups in total. The highest BCUT2D eigenvalue weighted by atomic mass is 32.2. The average Bonchev–Trinajstić information content (AvgIpc) is 2.76. The number of benzene rings is 1. The monoisotopic (exact) mass is 336 g/mol. The van der Waals surface area contributed by atoms with Gasteiger partial charge >= 0.3 is 0 Å². The Morgan fingerprint density at radius 3 is 2.52 bits per heavy atom. The maximum absolute atomic E-state index is 12.7. The minimum absolute atomic E-state index is 0.120. The second-order valence-corrected chi connectivity index (χ2v) is 7.88. The molecule has 2 heterocycles. The Hall–Kier alpha value is -2.22. The molecule has 1 fully saturated rings. The van der Waals surface area contributed by atoms with Crippen LogP contribution in [0.25, 0.3) is 0 Å². The second kappa shape index (κ2) is 5.16. The van der Waals surface area contributed by atoms with Crippen LogP contribution in [0.3, 0.4) is 0 Å². The number of amides is 3. The van der Waals surface area contributed by atoms with Crippen molar-refractivity contribution in [3.8, 4) is 0 Å². The van der Waals surface area contributed by atoms with E-state index in [0.717, 1.165) is 6.26 Å². The van der Waals surface area contributed by atoms with Crippen LogP contribution in [-0.2, 0) is 26.0 Å². The van der Waals surface area contributed by atoms with Crippen molar-refractivity contribution in [3.05, 3.63) is 28.8 Å². The largest absolute Gasteiger partial charge is 0.322 e. The summed E-state index contributed by atoms with van der Waals surface area (Å²) in [7, 11) is -3.43. The first kappa shape index (κ1) is 15.7. The average molecular weight is 336 g/mol. The molecule has 0 aromatic heterocycles. The fourth-order valence-electron chi connectivity index (χ4n) is 3.21. The van der Waals surface area contributed by atoms with Crippen molar-refractivity contribution in [2.75, 3.05) is 6.26 Å². The van der Waals surface area contributed by atoms with Gasteiger partial charge in [0, 0.05) is 24.8 Å². The van der Waals surface area contributed by atoms with Gasteiger partial charge in [0.1, 0.15) is 6.04 Å². The Kier molecular flexibility index (Phi) is 3.51. The molecule has 0 spiro atoms. The first-order valence-electron chi connectivity index (χ1n) is 7.17. The first-order chi connectivity index (χ1) is 10.7. The highest BCUT2D eigenvalue weighted by molar-refractivity contribution is 7.90. The summed E-state index contributed by atoms with van der Waals surface area (Å²) in [5, 5.41) is 2.24. The minimum Gasteiger partial charge on any atom is -0.322 e. The highest BCUT2D eigenvalue weighted by Gasteiger charge is 2.40. The number of sulfone groups is 1. The fraction of sp³-hybridized carbons (Fsp3) is 0.400. The molecule has 2 aliphatic rings. The molecule has 0 saturated carbocycles. The van der Waals surface area contributed by atoms with E-state index in [1.165, 1.54) is 11.0 Å². The molecule has 3 amide bonds. The van der Waals surface area contributed by atoms with Gasteiger partial charge in [-0.25, -0.2) is 8.42 Å². The maximum Gasteiger partial charge on any atom is 0.255 e. The van der Waals surface area contributed by atoms with E-state index in [2.05, 4.69) is 5.32 Å². The summed E-state index contributed by atoms with van der Waals surface area (Å²) < 4.78 is 23.6. The normalized spacial score (nSPS) is 21.4. The lowest BCUT2D eigenvalue weighted by atomic mass is 10.0. The van der Waals surface area contributed by atoms with Crippen LogP contribution >= 0.6 is 0 Å². The zero-order valence-corrected chi connectivity index (χ0v) is 13.6. The topological polar surface area (TPSA) is 101 Å². The van der Waals surface area contributed by atoms with Crippen LogP contribution in [0.15, 0.2) is 17.0 Å². The Morgan fingerprint density at radius 2 is 1.91 bits per heavy atom. The molecule has 3 rings (SSSR count). The number of piperidine rings is 1. The quantitative estimate of drug-likeness (QED) is 0.775. The van der Waals surface area contributed by atoms with Gasteiger partial charge in [-0.1, -0.05) is 6.07 Å². The zero-order chi connectivity index (χ0) is 16.9. The lowest BCUT2D eigenvalue weighted by Gasteiger charge is -2.29. The van der Waals surface area contributed by atoms with E-state index in [4.69, 9.17) is 0 Å². The number of nitrogens with zero attached hydrogens (tertiary/aromatic N) is 1. The van der Waals surface area contributed by atoms with Gasteiger partial charge in [-0.05, 0) is 30.5 Å². The van der Waals surface area contributed by atoms with E-state index in [0.29, 0.717) is 16.7 Å². The van der Waals surface area contributed by atoms with Crippen LogP contribution < -0.4 is 5.32 Å². The lowest BCUT2D eigenvalue weighted by Crippen LogP contribution is -2.52. The molecule has 8 heteroatoms. The van der Waals surface area contributed by atoms with Gasteiger partial charge in [0.25, 0.3) is 5.91 Å². The Morgan fingerprint density at radius 1 is 1.22 bits per heavy atom. The van der Waals surface area contributed by atoms with E-state index in [1.54, 1.807) is 13.0 Å². The number of rotatable bonds is 2. The van der Waals surface area contributed by atoms with E-state index in [1.807, 2.05) is 0 Å². The summed E-state index contributed by atoms with van der Waals surface area (Å²) in [6.07, 6.45) is 1.56. The minimum atomic E-state index is -3.43. The molecule has 2 aliphatic heterocycles. The van der Waals surface area contributed by atoms with Crippen LogP contribution in [0, 0.1) is 6.92 Å². The number of nitrogens with one attached hydrogen (secondary N) is 1. The molecule has 122 valence electrons. The fourth-order valence-corrected chi connectivity index (χ4v) is 4.18. The number of hydrogen-bond donors (Lipinski definition) is 1. The molecule has 0 aliphatic carbocycles. The maximum atomic E-state index is 12.7. The van der Waals surface area contributed by atoms with Gasteiger partial charge in [0.05, 0.1) is 4.90 Å². The molecular formula is C15H16N2O5S. The Labute approximate surface area is 133 Å². The summed E-state index contributed by atoms with van der Waals surface area (Å²) in [5.41, 5.74) is 1.45. The van der Waals surface area contributed by atoms with Gasteiger partial charge in [0.15, 0.2) is 9.84 Å². The first-order valence-corrected chi connectivity index (χ1v) is 9.06. The number of carbonyl (C=O) groups excluding carboxylic acids is 3. The molecule has 1 atom stereocenters. The molecule has 1 aromatic carbocycles. The van der Waals surface area contributed by atoms with Gasteiger partial charge < -0.3 is 4.90 Å². The lowest BCUT2D eigenvalue weighted by molar-refractivity contribution is -0.136. The third-order valence-electron chi connectivity index (χ3n) is 4.30. The second-order valence-electron chi connectivity index (χ2n) is 5.89. The molecular weight excluding hydrogens is 320 g/mol. The van der Waals surface area contributed by atoms with Crippen molar-refractivity contribution < 1.29 is 22.8 Å². The number of hydrogen-bond acceptors (Lipinski definition) is 5. The molecule has 1 unspecified atom stereocenters. The van der Waals surface area contributed by atoms with Crippen molar-refractivity contribution in [2.45, 2.75) is 37.2 Å². The van der Waals surface area contributed by atoms with Crippen molar-refractivity contribution in [3.63, 3.8) is 0 Å². The van der Waals surface area contributed by atoms with Crippen LogP contribution in [-0.4, -0.2) is 43.3 Å². The molecule has 1 saturated heterocycles. The third-order valence-corrected chi connectivity index (χ3v) is 5.54. The predicted molar refractivity (Wildman–Crippen MR) is 80.3 cm³/mol. The van der Waals surface area contributed by atoms with Gasteiger partial charge in [0.2, 0.25) is 11.8 Å². The zero-order valence-electron chi connectivity index (χ0n) is 12.8. The summed E-state index contributed by atoms with van der Waals surface area (Å²) in [5.74, 6) is -1.19. The van der Waals surface area contributed by atoms with E-state index < -0.39 is 21.8 Å². The van der Waals surface area contributed by atoms with Gasteiger partial charge in [-0.15, -0.1) is 0 Å². The van der Waals surface area contributed by atoms with Crippen LogP contribution in [0.4, 0.5) is 0 Å². The molecule has 0 bridgehead atoms. The SMILES string of the molecule is Cc1c(S(C)(=O)=O)ccc2c1C(=O)N(C1CCC(=O)NC1=O)C2. The standard InChI is InChI=1S/C15H16N2O5S/c1-8-11(23(2,21)22)5-3-9-7-17(15(20)13(8)9)10-4-6-12(18)16-14(10)19/h3,5,10H,4,6-7H2,1-2H3,(H,16,18,19). The van der Waals surface area contributed by atoms with Crippen molar-refractivity contribution >= 4 is 27.6 Å². The Balaban J connectivity index is 1.99. The van der Waals surface area contributed by atoms with E-state index in [9.17, 15) is 22.8 Å². The number of imide groups is 1. The number of fused-ring (bicyclic) bond motifs is 1. The molecule has 1 aromatic rings. The third kappa shape index (κ3) is 2.52.